The molecular weight excluding hydrogens is 430 g/mol. The van der Waals surface area contributed by atoms with Crippen molar-refractivity contribution >= 4 is 23.1 Å². The number of hydrogen-bond acceptors (Lipinski definition) is 6. The molecule has 1 N–H and O–H groups in total. The topological polar surface area (TPSA) is 73.3 Å². The molecule has 0 saturated carbocycles. The van der Waals surface area contributed by atoms with Crippen LogP contribution in [0.3, 0.4) is 0 Å². The van der Waals surface area contributed by atoms with Crippen molar-refractivity contribution in [2.24, 2.45) is 0 Å². The molecule has 7 nitrogen and oxygen atoms in total. The number of Topliss-reactive ketones (excluding diaryl/α,β-unsaturated/α-hetero) is 1. The fourth-order valence-electron chi connectivity index (χ4n) is 4.06. The molecule has 3 rings (SSSR count). The van der Waals surface area contributed by atoms with E-state index in [9.17, 15) is 14.7 Å². The van der Waals surface area contributed by atoms with E-state index in [4.69, 9.17) is 4.74 Å². The van der Waals surface area contributed by atoms with Gasteiger partial charge in [-0.3, -0.25) is 9.59 Å². The van der Waals surface area contributed by atoms with Gasteiger partial charge in [0.2, 0.25) is 0 Å². The summed E-state index contributed by atoms with van der Waals surface area (Å²) < 4.78 is 5.80. The summed E-state index contributed by atoms with van der Waals surface area (Å²) >= 11 is 0. The number of hydrogen-bond donors (Lipinski definition) is 1. The van der Waals surface area contributed by atoms with Crippen LogP contribution >= 0.6 is 0 Å². The number of aliphatic hydroxyl groups is 1. The van der Waals surface area contributed by atoms with Gasteiger partial charge in [-0.15, -0.1) is 0 Å². The van der Waals surface area contributed by atoms with Crippen molar-refractivity contribution in [2.75, 3.05) is 46.2 Å². The number of anilines is 1. The summed E-state index contributed by atoms with van der Waals surface area (Å²) in [4.78, 5) is 31.7. The second kappa shape index (κ2) is 10.3. The summed E-state index contributed by atoms with van der Waals surface area (Å²) in [5.74, 6) is -0.722. The third-order valence-electron chi connectivity index (χ3n) is 5.86. The summed E-state index contributed by atoms with van der Waals surface area (Å²) in [6.07, 6.45) is 0.0188. The normalized spacial score (nSPS) is 17.7. The Kier molecular flexibility index (Phi) is 7.67. The Labute approximate surface area is 202 Å². The number of ether oxygens (including phenoxy) is 1. The quantitative estimate of drug-likeness (QED) is 0.363. The highest BCUT2D eigenvalue weighted by atomic mass is 16.5. The first-order valence-corrected chi connectivity index (χ1v) is 11.5. The van der Waals surface area contributed by atoms with E-state index in [0.717, 1.165) is 16.8 Å². The summed E-state index contributed by atoms with van der Waals surface area (Å²) in [5.41, 5.74) is 3.21. The minimum atomic E-state index is -0.668. The van der Waals surface area contributed by atoms with Gasteiger partial charge in [-0.2, -0.15) is 0 Å². The second-order valence-corrected chi connectivity index (χ2v) is 9.43. The van der Waals surface area contributed by atoms with Crippen LogP contribution in [0.4, 0.5) is 5.69 Å². The Hall–Kier alpha value is -3.32. The first-order chi connectivity index (χ1) is 16.0. The highest BCUT2D eigenvalue weighted by Gasteiger charge is 2.45. The molecule has 1 atom stereocenters. The predicted molar refractivity (Wildman–Crippen MR) is 135 cm³/mol. The number of nitrogens with zero attached hydrogens (tertiary/aromatic N) is 3. The van der Waals surface area contributed by atoms with Gasteiger partial charge < -0.3 is 24.5 Å². The molecule has 1 amide bonds. The van der Waals surface area contributed by atoms with E-state index in [-0.39, 0.29) is 17.4 Å². The number of likely N-dealkylation sites (N-methyl/N-ethyl adjacent to an activating group) is 1. The standard InChI is InChI=1S/C27H35N3O4/c1-17(2)34-22-13-10-20(16-18(22)3)25(31)23-24(19-8-11-21(12-9-19)29(6)7)30(15-14-28(4)5)27(33)26(23)32/h8-13,16-17,24,31H,14-15H2,1-7H3/b25-23-. The Bertz CT molecular complexity index is 1090. The van der Waals surface area contributed by atoms with Gasteiger partial charge >= 0.3 is 0 Å². The summed E-state index contributed by atoms with van der Waals surface area (Å²) in [5, 5.41) is 11.3. The van der Waals surface area contributed by atoms with Crippen molar-refractivity contribution in [3.63, 3.8) is 0 Å². The average molecular weight is 466 g/mol. The van der Waals surface area contributed by atoms with Gasteiger partial charge in [-0.25, -0.2) is 0 Å². The predicted octanol–water partition coefficient (Wildman–Crippen LogP) is 3.83. The molecule has 7 heteroatoms. The van der Waals surface area contributed by atoms with Crippen LogP contribution in [-0.2, 0) is 9.59 Å². The van der Waals surface area contributed by atoms with Crippen LogP contribution in [0.5, 0.6) is 5.75 Å². The van der Waals surface area contributed by atoms with Gasteiger partial charge in [0.05, 0.1) is 17.7 Å². The molecule has 34 heavy (non-hydrogen) atoms. The first-order valence-electron chi connectivity index (χ1n) is 11.5. The zero-order chi connectivity index (χ0) is 25.2. The lowest BCUT2D eigenvalue weighted by molar-refractivity contribution is -0.140. The Morgan fingerprint density at radius 1 is 1.06 bits per heavy atom. The minimum Gasteiger partial charge on any atom is -0.507 e. The molecule has 0 spiro atoms. The molecule has 1 aliphatic rings. The molecule has 182 valence electrons. The largest absolute Gasteiger partial charge is 0.507 e. The molecule has 1 unspecified atom stereocenters. The number of likely N-dealkylation sites (tertiary alicyclic amines) is 1. The maximum atomic E-state index is 13.2. The number of amides is 1. The number of ketones is 1. The number of carbonyl (C=O) groups excluding carboxylic acids is 2. The SMILES string of the molecule is Cc1cc(/C(O)=C2/C(=O)C(=O)N(CCN(C)C)C2c2ccc(N(C)C)cc2)ccc1OC(C)C. The van der Waals surface area contributed by atoms with Gasteiger partial charge in [-0.1, -0.05) is 12.1 Å². The van der Waals surface area contributed by atoms with Gasteiger partial charge in [0.15, 0.2) is 0 Å². The van der Waals surface area contributed by atoms with E-state index in [1.54, 1.807) is 23.1 Å². The van der Waals surface area contributed by atoms with E-state index in [1.165, 1.54) is 0 Å². The highest BCUT2D eigenvalue weighted by Crippen LogP contribution is 2.40. The van der Waals surface area contributed by atoms with Gasteiger partial charge in [0, 0.05) is 38.4 Å². The lowest BCUT2D eigenvalue weighted by atomic mass is 9.94. The molecule has 1 aliphatic heterocycles. The van der Waals surface area contributed by atoms with E-state index in [0.29, 0.717) is 24.4 Å². The molecule has 0 bridgehead atoms. The minimum absolute atomic E-state index is 0.0188. The zero-order valence-electron chi connectivity index (χ0n) is 21.1. The monoisotopic (exact) mass is 465 g/mol. The van der Waals surface area contributed by atoms with Crippen LogP contribution in [0.25, 0.3) is 5.76 Å². The number of aliphatic hydroxyl groups excluding tert-OH is 1. The van der Waals surface area contributed by atoms with Crippen molar-refractivity contribution in [1.29, 1.82) is 0 Å². The molecule has 1 fully saturated rings. The van der Waals surface area contributed by atoms with Crippen molar-refractivity contribution in [3.8, 4) is 5.75 Å². The first kappa shape index (κ1) is 25.3. The van der Waals surface area contributed by atoms with E-state index < -0.39 is 17.7 Å². The molecular formula is C27H35N3O4. The summed E-state index contributed by atoms with van der Waals surface area (Å²) in [7, 11) is 7.74. The number of rotatable bonds is 8. The molecule has 1 saturated heterocycles. The van der Waals surface area contributed by atoms with Crippen molar-refractivity contribution < 1.29 is 19.4 Å². The van der Waals surface area contributed by atoms with Crippen molar-refractivity contribution in [3.05, 3.63) is 64.7 Å². The average Bonchev–Trinajstić information content (AvgIpc) is 3.03. The van der Waals surface area contributed by atoms with E-state index >= 15 is 0 Å². The van der Waals surface area contributed by atoms with Gasteiger partial charge in [0.1, 0.15) is 11.5 Å². The maximum Gasteiger partial charge on any atom is 0.295 e. The fourth-order valence-corrected chi connectivity index (χ4v) is 4.06. The van der Waals surface area contributed by atoms with E-state index in [1.807, 2.05) is 83.0 Å². The summed E-state index contributed by atoms with van der Waals surface area (Å²) in [6.45, 7) is 6.75. The van der Waals surface area contributed by atoms with Crippen LogP contribution in [0.15, 0.2) is 48.0 Å². The number of aryl methyl sites for hydroxylation is 1. The van der Waals surface area contributed by atoms with Gasteiger partial charge in [-0.05, 0) is 76.3 Å². The molecule has 0 aromatic heterocycles. The smallest absolute Gasteiger partial charge is 0.295 e. The molecule has 2 aromatic carbocycles. The second-order valence-electron chi connectivity index (χ2n) is 9.43. The molecule has 2 aromatic rings. The lowest BCUT2D eigenvalue weighted by Crippen LogP contribution is -2.35. The van der Waals surface area contributed by atoms with E-state index in [2.05, 4.69) is 0 Å². The van der Waals surface area contributed by atoms with Crippen LogP contribution in [0.1, 0.15) is 36.6 Å². The summed E-state index contributed by atoms with van der Waals surface area (Å²) in [6, 6.07) is 12.3. The maximum absolute atomic E-state index is 13.2. The third-order valence-corrected chi connectivity index (χ3v) is 5.86. The van der Waals surface area contributed by atoms with Crippen LogP contribution in [-0.4, -0.2) is 74.0 Å². The Morgan fingerprint density at radius 3 is 2.24 bits per heavy atom. The molecule has 1 heterocycles. The Balaban J connectivity index is 2.11. The van der Waals surface area contributed by atoms with Crippen LogP contribution in [0, 0.1) is 6.92 Å². The van der Waals surface area contributed by atoms with Crippen molar-refractivity contribution in [2.45, 2.75) is 32.9 Å². The highest BCUT2D eigenvalue weighted by molar-refractivity contribution is 6.46. The number of carbonyl (C=O) groups is 2. The Morgan fingerprint density at radius 2 is 1.71 bits per heavy atom. The van der Waals surface area contributed by atoms with Crippen LogP contribution < -0.4 is 9.64 Å². The lowest BCUT2D eigenvalue weighted by Gasteiger charge is -2.27. The number of benzene rings is 2. The van der Waals surface area contributed by atoms with Crippen LogP contribution in [0.2, 0.25) is 0 Å². The molecule has 0 radical (unpaired) electrons. The molecule has 0 aliphatic carbocycles. The van der Waals surface area contributed by atoms with Gasteiger partial charge in [0.25, 0.3) is 11.7 Å². The van der Waals surface area contributed by atoms with Crippen molar-refractivity contribution in [1.82, 2.24) is 9.80 Å². The third kappa shape index (κ3) is 5.25. The fraction of sp³-hybridized carbons (Fsp3) is 0.407. The zero-order valence-corrected chi connectivity index (χ0v) is 21.1.